The van der Waals surface area contributed by atoms with Crippen molar-refractivity contribution < 1.29 is 19.1 Å². The Kier molecular flexibility index (Phi) is 4.67. The summed E-state index contributed by atoms with van der Waals surface area (Å²) in [6, 6.07) is 1.89. The van der Waals surface area contributed by atoms with E-state index in [1.165, 1.54) is 20.0 Å². The number of anilines is 1. The number of rotatable bonds is 2. The molecule has 1 fully saturated rings. The zero-order chi connectivity index (χ0) is 16.7. The van der Waals surface area contributed by atoms with Gasteiger partial charge in [-0.15, -0.1) is 0 Å². The van der Waals surface area contributed by atoms with Crippen molar-refractivity contribution in [3.63, 3.8) is 0 Å². The highest BCUT2D eigenvalue weighted by Gasteiger charge is 2.39. The number of nitrogens with one attached hydrogen (secondary N) is 1. The van der Waals surface area contributed by atoms with Crippen LogP contribution < -0.4 is 5.32 Å². The first-order chi connectivity index (χ1) is 10.1. The second kappa shape index (κ2) is 6.04. The lowest BCUT2D eigenvalue weighted by Crippen LogP contribution is -2.42. The smallest absolute Gasteiger partial charge is 0.350 e. The summed E-state index contributed by atoms with van der Waals surface area (Å²) < 4.78 is 11.8. The van der Waals surface area contributed by atoms with Gasteiger partial charge in [0.2, 0.25) is 0 Å². The zero-order valence-corrected chi connectivity index (χ0v) is 15.7. The molecular weight excluding hydrogens is 418 g/mol. The number of halogens is 2. The highest BCUT2D eigenvalue weighted by atomic mass is 79.9. The van der Waals surface area contributed by atoms with Crippen LogP contribution in [0.5, 0.6) is 0 Å². The Labute approximate surface area is 145 Å². The maximum atomic E-state index is 11.9. The van der Waals surface area contributed by atoms with Crippen LogP contribution in [0.3, 0.4) is 0 Å². The van der Waals surface area contributed by atoms with E-state index in [0.29, 0.717) is 0 Å². The van der Waals surface area contributed by atoms with E-state index in [4.69, 9.17) is 9.47 Å². The van der Waals surface area contributed by atoms with E-state index >= 15 is 0 Å². The van der Waals surface area contributed by atoms with Gasteiger partial charge >= 0.3 is 11.9 Å². The van der Waals surface area contributed by atoms with Crippen molar-refractivity contribution in [2.75, 3.05) is 5.32 Å². The van der Waals surface area contributed by atoms with E-state index in [1.807, 2.05) is 19.9 Å². The van der Waals surface area contributed by atoms with Crippen LogP contribution in [0.15, 0.2) is 26.8 Å². The fourth-order valence-electron chi connectivity index (χ4n) is 1.94. The van der Waals surface area contributed by atoms with Crippen LogP contribution in [0, 0.1) is 13.8 Å². The summed E-state index contributed by atoms with van der Waals surface area (Å²) in [7, 11) is 0. The van der Waals surface area contributed by atoms with Crippen LogP contribution in [0.1, 0.15) is 25.0 Å². The Balaban J connectivity index is 2.32. The zero-order valence-electron chi connectivity index (χ0n) is 12.5. The predicted molar refractivity (Wildman–Crippen MR) is 89.3 cm³/mol. The van der Waals surface area contributed by atoms with Crippen molar-refractivity contribution in [2.24, 2.45) is 0 Å². The third-order valence-electron chi connectivity index (χ3n) is 3.27. The van der Waals surface area contributed by atoms with Gasteiger partial charge in [-0.25, -0.2) is 9.59 Å². The minimum absolute atomic E-state index is 0.175. The summed E-state index contributed by atoms with van der Waals surface area (Å²) in [4.78, 5) is 23.8. The second-order valence-electron chi connectivity index (χ2n) is 5.35. The number of ether oxygens (including phenoxy) is 2. The van der Waals surface area contributed by atoms with Crippen LogP contribution in [-0.2, 0) is 19.1 Å². The van der Waals surface area contributed by atoms with E-state index in [1.54, 1.807) is 0 Å². The summed E-state index contributed by atoms with van der Waals surface area (Å²) >= 11 is 6.92. The number of carbonyl (C=O) groups is 2. The van der Waals surface area contributed by atoms with Gasteiger partial charge in [-0.2, -0.15) is 0 Å². The third-order valence-corrected chi connectivity index (χ3v) is 4.71. The molecule has 0 aromatic heterocycles. The number of benzene rings is 1. The molecule has 1 aromatic rings. The summed E-state index contributed by atoms with van der Waals surface area (Å²) in [5, 5.41) is 2.98. The number of cyclic esters (lactones) is 2. The standard InChI is InChI=1S/C15H15Br2NO4/c1-7-8(2)12(11(17)5-10(7)16)18-6-9-13(19)21-15(3,4)22-14(9)20/h5-6,18H,1-4H3. The van der Waals surface area contributed by atoms with Gasteiger partial charge in [0.25, 0.3) is 5.79 Å². The molecule has 0 bridgehead atoms. The SMILES string of the molecule is Cc1c(Br)cc(Br)c(NC=C2C(=O)OC(C)(C)OC2=O)c1C. The lowest BCUT2D eigenvalue weighted by molar-refractivity contribution is -0.222. The van der Waals surface area contributed by atoms with Gasteiger partial charge in [-0.05, 0) is 47.0 Å². The van der Waals surface area contributed by atoms with Gasteiger partial charge < -0.3 is 14.8 Å². The first-order valence-corrected chi connectivity index (χ1v) is 8.09. The van der Waals surface area contributed by atoms with E-state index in [-0.39, 0.29) is 5.57 Å². The lowest BCUT2D eigenvalue weighted by atomic mass is 10.1. The molecule has 1 heterocycles. The number of hydrogen-bond acceptors (Lipinski definition) is 5. The molecule has 0 atom stereocenters. The molecule has 0 radical (unpaired) electrons. The van der Waals surface area contributed by atoms with E-state index in [2.05, 4.69) is 37.2 Å². The third kappa shape index (κ3) is 3.35. The van der Waals surface area contributed by atoms with Gasteiger partial charge in [-0.1, -0.05) is 15.9 Å². The maximum absolute atomic E-state index is 11.9. The molecule has 0 unspecified atom stereocenters. The minimum atomic E-state index is -1.24. The molecular formula is C15H15Br2NO4. The van der Waals surface area contributed by atoms with Crippen molar-refractivity contribution in [2.45, 2.75) is 33.5 Å². The van der Waals surface area contributed by atoms with Crippen molar-refractivity contribution in [3.05, 3.63) is 37.9 Å². The van der Waals surface area contributed by atoms with Crippen molar-refractivity contribution in [3.8, 4) is 0 Å². The van der Waals surface area contributed by atoms with Crippen LogP contribution in [0.25, 0.3) is 0 Å². The molecule has 5 nitrogen and oxygen atoms in total. The van der Waals surface area contributed by atoms with Crippen molar-refractivity contribution >= 4 is 49.5 Å². The molecule has 1 aliphatic rings. The normalized spacial score (nSPS) is 16.9. The lowest BCUT2D eigenvalue weighted by Gasteiger charge is -2.29. The summed E-state index contributed by atoms with van der Waals surface area (Å²) in [5.41, 5.74) is 2.62. The average Bonchev–Trinajstić information content (AvgIpc) is 2.37. The van der Waals surface area contributed by atoms with Gasteiger partial charge in [0.1, 0.15) is 0 Å². The van der Waals surface area contributed by atoms with E-state index in [9.17, 15) is 9.59 Å². The largest absolute Gasteiger partial charge is 0.419 e. The van der Waals surface area contributed by atoms with Crippen LogP contribution in [-0.4, -0.2) is 17.7 Å². The second-order valence-corrected chi connectivity index (χ2v) is 7.06. The molecule has 2 rings (SSSR count). The molecule has 7 heteroatoms. The molecule has 0 aliphatic carbocycles. The average molecular weight is 433 g/mol. The first-order valence-electron chi connectivity index (χ1n) is 6.51. The Morgan fingerprint density at radius 1 is 1.05 bits per heavy atom. The highest BCUT2D eigenvalue weighted by Crippen LogP contribution is 2.34. The van der Waals surface area contributed by atoms with E-state index in [0.717, 1.165) is 25.8 Å². The fraction of sp³-hybridized carbons (Fsp3) is 0.333. The summed E-state index contributed by atoms with van der Waals surface area (Å²) in [6.07, 6.45) is 1.31. The van der Waals surface area contributed by atoms with Crippen molar-refractivity contribution in [1.82, 2.24) is 0 Å². The van der Waals surface area contributed by atoms with Gasteiger partial charge in [-0.3, -0.25) is 0 Å². The van der Waals surface area contributed by atoms with Crippen LogP contribution in [0.4, 0.5) is 5.69 Å². The van der Waals surface area contributed by atoms with E-state index < -0.39 is 17.7 Å². The molecule has 1 aromatic carbocycles. The van der Waals surface area contributed by atoms with Crippen LogP contribution >= 0.6 is 31.9 Å². The predicted octanol–water partition coefficient (Wildman–Crippen LogP) is 3.96. The monoisotopic (exact) mass is 431 g/mol. The fourth-order valence-corrected chi connectivity index (χ4v) is 3.41. The van der Waals surface area contributed by atoms with Gasteiger partial charge in [0.15, 0.2) is 5.57 Å². The number of esters is 2. The first kappa shape index (κ1) is 17.0. The molecule has 118 valence electrons. The highest BCUT2D eigenvalue weighted by molar-refractivity contribution is 9.11. The molecule has 1 saturated heterocycles. The Morgan fingerprint density at radius 3 is 2.14 bits per heavy atom. The quantitative estimate of drug-likeness (QED) is 0.435. The Bertz CT molecular complexity index is 673. The molecule has 0 spiro atoms. The maximum Gasteiger partial charge on any atom is 0.350 e. The Morgan fingerprint density at radius 2 is 1.59 bits per heavy atom. The summed E-state index contributed by atoms with van der Waals surface area (Å²) in [5.74, 6) is -2.66. The Hall–Kier alpha value is -1.34. The minimum Gasteiger partial charge on any atom is -0.419 e. The number of carbonyl (C=O) groups excluding carboxylic acids is 2. The molecule has 0 amide bonds. The summed E-state index contributed by atoms with van der Waals surface area (Å²) in [6.45, 7) is 6.92. The van der Waals surface area contributed by atoms with Gasteiger partial charge in [0.05, 0.1) is 5.69 Å². The van der Waals surface area contributed by atoms with Crippen LogP contribution in [0.2, 0.25) is 0 Å². The molecule has 0 saturated carbocycles. The number of hydrogen-bond donors (Lipinski definition) is 1. The van der Waals surface area contributed by atoms with Gasteiger partial charge in [0, 0.05) is 29.0 Å². The molecule has 1 aliphatic heterocycles. The molecule has 22 heavy (non-hydrogen) atoms. The van der Waals surface area contributed by atoms with Crippen molar-refractivity contribution in [1.29, 1.82) is 0 Å². The molecule has 1 N–H and O–H groups in total. The topological polar surface area (TPSA) is 64.6 Å².